The summed E-state index contributed by atoms with van der Waals surface area (Å²) in [5.74, 6) is 1.80. The third-order valence-electron chi connectivity index (χ3n) is 4.20. The molecule has 4 rings (SSSR count). The number of amides is 2. The van der Waals surface area contributed by atoms with Crippen molar-refractivity contribution in [1.82, 2.24) is 9.97 Å². The zero-order valence-corrected chi connectivity index (χ0v) is 15.8. The van der Waals surface area contributed by atoms with Crippen molar-refractivity contribution in [2.75, 3.05) is 23.5 Å². The Balaban J connectivity index is 1.82. The molecule has 0 unspecified atom stereocenters. The quantitative estimate of drug-likeness (QED) is 0.661. The van der Waals surface area contributed by atoms with E-state index in [1.54, 1.807) is 28.6 Å². The van der Waals surface area contributed by atoms with Crippen LogP contribution in [-0.4, -0.2) is 29.7 Å². The number of ether oxygens (including phenoxy) is 2. The number of benzene rings is 1. The number of urea groups is 1. The van der Waals surface area contributed by atoms with Gasteiger partial charge in [0.25, 0.3) is 0 Å². The molecule has 8 heteroatoms. The number of anilines is 3. The summed E-state index contributed by atoms with van der Waals surface area (Å²) in [6.45, 7) is 2.84. The van der Waals surface area contributed by atoms with E-state index in [0.29, 0.717) is 30.5 Å². The molecule has 7 nitrogen and oxygen atoms in total. The smallest absolute Gasteiger partial charge is 0.335 e. The van der Waals surface area contributed by atoms with Gasteiger partial charge in [0.05, 0.1) is 37.7 Å². The zero-order chi connectivity index (χ0) is 18.8. The number of hydrogen-bond donors (Lipinski definition) is 0. The highest BCUT2D eigenvalue weighted by atomic mass is 32.1. The summed E-state index contributed by atoms with van der Waals surface area (Å²) in [6.07, 6.45) is 1.70. The Morgan fingerprint density at radius 3 is 2.67 bits per heavy atom. The van der Waals surface area contributed by atoms with Crippen LogP contribution in [0.15, 0.2) is 48.1 Å². The lowest BCUT2D eigenvalue weighted by Gasteiger charge is -2.35. The van der Waals surface area contributed by atoms with E-state index in [1.807, 2.05) is 43.3 Å². The Kier molecular flexibility index (Phi) is 4.64. The van der Waals surface area contributed by atoms with E-state index in [4.69, 9.17) is 9.47 Å². The highest BCUT2D eigenvalue weighted by Gasteiger charge is 2.34. The number of thiazole rings is 1. The first-order chi connectivity index (χ1) is 13.2. The van der Waals surface area contributed by atoms with Crippen LogP contribution in [0.1, 0.15) is 12.5 Å². The van der Waals surface area contributed by atoms with Crippen LogP contribution in [0.5, 0.6) is 11.6 Å². The summed E-state index contributed by atoms with van der Waals surface area (Å²) in [5.41, 5.74) is 3.35. The molecule has 0 spiro atoms. The molecule has 3 heterocycles. The molecule has 0 N–H and O–H groups in total. The highest BCUT2D eigenvalue weighted by Crippen LogP contribution is 2.38. The van der Waals surface area contributed by atoms with E-state index < -0.39 is 0 Å². The summed E-state index contributed by atoms with van der Waals surface area (Å²) in [6, 6.07) is 10.9. The second-order valence-electron chi connectivity index (χ2n) is 5.81. The van der Waals surface area contributed by atoms with E-state index in [-0.39, 0.29) is 6.03 Å². The molecule has 0 radical (unpaired) electrons. The fourth-order valence-electron chi connectivity index (χ4n) is 2.93. The summed E-state index contributed by atoms with van der Waals surface area (Å²) in [5, 5.41) is 0.790. The van der Waals surface area contributed by atoms with Crippen molar-refractivity contribution in [2.45, 2.75) is 13.5 Å². The molecule has 0 bridgehead atoms. The van der Waals surface area contributed by atoms with Crippen LogP contribution in [0.3, 0.4) is 0 Å². The number of rotatable bonds is 5. The number of pyridine rings is 1. The number of carbonyl (C=O) groups is 1. The van der Waals surface area contributed by atoms with E-state index in [1.165, 1.54) is 11.3 Å². The van der Waals surface area contributed by atoms with Crippen molar-refractivity contribution >= 4 is 33.9 Å². The molecule has 1 aliphatic heterocycles. The molecule has 2 aromatic heterocycles. The van der Waals surface area contributed by atoms with Gasteiger partial charge < -0.3 is 9.47 Å². The SMILES string of the molecule is CCOc1ccc2c(n1)N(c1ccc(OC)cc1)C(=O)N(c1cncs1)C2. The summed E-state index contributed by atoms with van der Waals surface area (Å²) >= 11 is 1.42. The Morgan fingerprint density at radius 1 is 1.19 bits per heavy atom. The summed E-state index contributed by atoms with van der Waals surface area (Å²) in [7, 11) is 1.61. The third-order valence-corrected chi connectivity index (χ3v) is 5.00. The Bertz CT molecular complexity index is 944. The Morgan fingerprint density at radius 2 is 2.00 bits per heavy atom. The van der Waals surface area contributed by atoms with E-state index in [9.17, 15) is 4.79 Å². The van der Waals surface area contributed by atoms with E-state index in [0.717, 1.165) is 16.3 Å². The van der Waals surface area contributed by atoms with Gasteiger partial charge in [-0.3, -0.25) is 9.88 Å². The summed E-state index contributed by atoms with van der Waals surface area (Å²) < 4.78 is 10.8. The number of methoxy groups -OCH3 is 1. The Hall–Kier alpha value is -3.13. The highest BCUT2D eigenvalue weighted by molar-refractivity contribution is 7.14. The van der Waals surface area contributed by atoms with E-state index >= 15 is 0 Å². The van der Waals surface area contributed by atoms with Crippen LogP contribution >= 0.6 is 11.3 Å². The predicted molar refractivity (Wildman–Crippen MR) is 104 cm³/mol. The second kappa shape index (κ2) is 7.24. The standard InChI is InChI=1S/C19H18N4O3S/c1-3-26-16-9-4-13-11-22(17-10-20-12-27-17)19(24)23(18(13)21-16)14-5-7-15(25-2)8-6-14/h4-10,12H,3,11H2,1-2H3. The van der Waals surface area contributed by atoms with Crippen LogP contribution < -0.4 is 19.3 Å². The average molecular weight is 382 g/mol. The maximum atomic E-state index is 13.3. The van der Waals surface area contributed by atoms with Crippen molar-refractivity contribution in [1.29, 1.82) is 0 Å². The number of nitrogens with zero attached hydrogens (tertiary/aromatic N) is 4. The first-order valence-corrected chi connectivity index (χ1v) is 9.36. The van der Waals surface area contributed by atoms with Gasteiger partial charge in [-0.15, -0.1) is 11.3 Å². The van der Waals surface area contributed by atoms with Gasteiger partial charge in [0.1, 0.15) is 16.6 Å². The van der Waals surface area contributed by atoms with Gasteiger partial charge in [-0.05, 0) is 37.3 Å². The maximum Gasteiger partial charge on any atom is 0.335 e. The van der Waals surface area contributed by atoms with Crippen molar-refractivity contribution in [3.8, 4) is 11.6 Å². The van der Waals surface area contributed by atoms with Crippen LogP contribution in [0.25, 0.3) is 0 Å². The minimum absolute atomic E-state index is 0.182. The normalized spacial score (nSPS) is 13.5. The lowest BCUT2D eigenvalue weighted by Crippen LogP contribution is -2.45. The number of carbonyl (C=O) groups excluding carboxylic acids is 1. The van der Waals surface area contributed by atoms with Gasteiger partial charge in [0.2, 0.25) is 5.88 Å². The molecule has 3 aromatic rings. The molecular weight excluding hydrogens is 364 g/mol. The van der Waals surface area contributed by atoms with Crippen molar-refractivity contribution in [2.24, 2.45) is 0 Å². The van der Waals surface area contributed by atoms with Crippen molar-refractivity contribution < 1.29 is 14.3 Å². The zero-order valence-electron chi connectivity index (χ0n) is 15.0. The van der Waals surface area contributed by atoms with Gasteiger partial charge in [0, 0.05) is 11.6 Å². The molecule has 0 saturated carbocycles. The first-order valence-electron chi connectivity index (χ1n) is 8.48. The lowest BCUT2D eigenvalue weighted by atomic mass is 10.1. The summed E-state index contributed by atoms with van der Waals surface area (Å²) in [4.78, 5) is 25.3. The van der Waals surface area contributed by atoms with Gasteiger partial charge >= 0.3 is 6.03 Å². The number of aromatic nitrogens is 2. The molecule has 27 heavy (non-hydrogen) atoms. The van der Waals surface area contributed by atoms with Crippen LogP contribution in [0, 0.1) is 0 Å². The van der Waals surface area contributed by atoms with Crippen LogP contribution in [0.2, 0.25) is 0 Å². The molecule has 2 amide bonds. The third kappa shape index (κ3) is 3.19. The molecule has 0 saturated heterocycles. The van der Waals surface area contributed by atoms with Gasteiger partial charge in [-0.1, -0.05) is 0 Å². The van der Waals surface area contributed by atoms with Crippen molar-refractivity contribution in [3.63, 3.8) is 0 Å². The van der Waals surface area contributed by atoms with Crippen LogP contribution in [0.4, 0.5) is 21.3 Å². The minimum atomic E-state index is -0.182. The minimum Gasteiger partial charge on any atom is -0.497 e. The number of fused-ring (bicyclic) bond motifs is 1. The first kappa shape index (κ1) is 17.3. The molecule has 0 atom stereocenters. The number of hydrogen-bond acceptors (Lipinski definition) is 6. The molecule has 0 fully saturated rings. The van der Waals surface area contributed by atoms with Crippen molar-refractivity contribution in [3.05, 3.63) is 53.7 Å². The molecule has 1 aliphatic rings. The van der Waals surface area contributed by atoms with E-state index in [2.05, 4.69) is 9.97 Å². The van der Waals surface area contributed by atoms with Crippen LogP contribution in [-0.2, 0) is 6.54 Å². The topological polar surface area (TPSA) is 67.8 Å². The molecule has 138 valence electrons. The second-order valence-corrected chi connectivity index (χ2v) is 6.67. The predicted octanol–water partition coefficient (Wildman–Crippen LogP) is 4.22. The van der Waals surface area contributed by atoms with Gasteiger partial charge in [0.15, 0.2) is 0 Å². The lowest BCUT2D eigenvalue weighted by molar-refractivity contribution is 0.252. The largest absolute Gasteiger partial charge is 0.497 e. The Labute approximate surface area is 160 Å². The van der Waals surface area contributed by atoms with Gasteiger partial charge in [-0.25, -0.2) is 9.69 Å². The molecular formula is C19H18N4O3S. The monoisotopic (exact) mass is 382 g/mol. The molecule has 0 aliphatic carbocycles. The fraction of sp³-hybridized carbons (Fsp3) is 0.211. The maximum absolute atomic E-state index is 13.3. The fourth-order valence-corrected chi connectivity index (χ4v) is 3.55. The van der Waals surface area contributed by atoms with Gasteiger partial charge in [-0.2, -0.15) is 4.98 Å². The molecule has 1 aromatic carbocycles. The average Bonchev–Trinajstić information content (AvgIpc) is 3.22.